The number of nitrogens with one attached hydrogen (secondary N) is 1. The van der Waals surface area contributed by atoms with Gasteiger partial charge in [-0.3, -0.25) is 9.69 Å². The van der Waals surface area contributed by atoms with Gasteiger partial charge in [-0.15, -0.1) is 0 Å². The Hall–Kier alpha value is -0.610. The average molecular weight is 228 g/mol. The van der Waals surface area contributed by atoms with E-state index >= 15 is 0 Å². The van der Waals surface area contributed by atoms with Gasteiger partial charge in [-0.05, 0) is 20.8 Å². The molecule has 0 aromatic carbocycles. The van der Waals surface area contributed by atoms with Gasteiger partial charge in [0.1, 0.15) is 0 Å². The predicted octanol–water partition coefficient (Wildman–Crippen LogP) is 0.868. The van der Waals surface area contributed by atoms with Gasteiger partial charge in [-0.25, -0.2) is 0 Å². The summed E-state index contributed by atoms with van der Waals surface area (Å²) >= 11 is 0. The number of methoxy groups -OCH3 is 1. The molecule has 1 aliphatic rings. The summed E-state index contributed by atoms with van der Waals surface area (Å²) in [4.78, 5) is 13.9. The van der Waals surface area contributed by atoms with Crippen LogP contribution in [0.4, 0.5) is 0 Å². The maximum Gasteiger partial charge on any atom is 0.309 e. The van der Waals surface area contributed by atoms with Crippen LogP contribution in [0.15, 0.2) is 0 Å². The molecule has 94 valence electrons. The molecule has 2 atom stereocenters. The van der Waals surface area contributed by atoms with E-state index in [0.717, 1.165) is 19.6 Å². The summed E-state index contributed by atoms with van der Waals surface area (Å²) in [5, 5.41) is 3.38. The van der Waals surface area contributed by atoms with Crippen LogP contribution >= 0.6 is 0 Å². The molecule has 1 aliphatic heterocycles. The van der Waals surface area contributed by atoms with Crippen molar-refractivity contribution in [1.29, 1.82) is 0 Å². The number of carbonyl (C=O) groups excluding carboxylic acids is 1. The average Bonchev–Trinajstić information content (AvgIpc) is 2.25. The van der Waals surface area contributed by atoms with Crippen molar-refractivity contribution < 1.29 is 9.53 Å². The predicted molar refractivity (Wildman–Crippen MR) is 64.3 cm³/mol. The van der Waals surface area contributed by atoms with Gasteiger partial charge >= 0.3 is 5.97 Å². The first kappa shape index (κ1) is 13.5. The van der Waals surface area contributed by atoms with Crippen molar-refractivity contribution in [3.05, 3.63) is 0 Å². The monoisotopic (exact) mass is 228 g/mol. The first-order valence-electron chi connectivity index (χ1n) is 5.95. The zero-order chi connectivity index (χ0) is 12.3. The van der Waals surface area contributed by atoms with E-state index in [9.17, 15) is 4.79 Å². The molecule has 0 aromatic rings. The van der Waals surface area contributed by atoms with E-state index < -0.39 is 0 Å². The van der Waals surface area contributed by atoms with Crippen molar-refractivity contribution in [2.75, 3.05) is 26.7 Å². The highest BCUT2D eigenvalue weighted by atomic mass is 16.5. The third kappa shape index (κ3) is 2.74. The lowest BCUT2D eigenvalue weighted by atomic mass is 9.93. The smallest absolute Gasteiger partial charge is 0.309 e. The number of hydrogen-bond donors (Lipinski definition) is 1. The standard InChI is InChI=1S/C12H24N2O2/c1-9(11(15)16-5)10(2)14-7-6-13-8-12(14,3)4/h9-10,13H,6-8H2,1-5H3. The fourth-order valence-electron chi connectivity index (χ4n) is 2.41. The van der Waals surface area contributed by atoms with E-state index in [1.165, 1.54) is 7.11 Å². The molecular formula is C12H24N2O2. The van der Waals surface area contributed by atoms with Crippen molar-refractivity contribution in [2.45, 2.75) is 39.3 Å². The quantitative estimate of drug-likeness (QED) is 0.728. The van der Waals surface area contributed by atoms with E-state index in [0.29, 0.717) is 0 Å². The van der Waals surface area contributed by atoms with Crippen LogP contribution in [-0.2, 0) is 9.53 Å². The van der Waals surface area contributed by atoms with Crippen molar-refractivity contribution in [1.82, 2.24) is 10.2 Å². The zero-order valence-corrected chi connectivity index (χ0v) is 11.0. The Bertz CT molecular complexity index is 253. The lowest BCUT2D eigenvalue weighted by Crippen LogP contribution is -2.62. The summed E-state index contributed by atoms with van der Waals surface area (Å²) in [6, 6.07) is 0.213. The van der Waals surface area contributed by atoms with Gasteiger partial charge < -0.3 is 10.1 Å². The minimum atomic E-state index is -0.123. The van der Waals surface area contributed by atoms with Crippen LogP contribution in [0, 0.1) is 5.92 Å². The molecule has 1 heterocycles. The Labute approximate surface area is 98.3 Å². The molecule has 1 fully saturated rings. The second kappa shape index (κ2) is 5.15. The van der Waals surface area contributed by atoms with Crippen LogP contribution in [0.5, 0.6) is 0 Å². The fourth-order valence-corrected chi connectivity index (χ4v) is 2.41. The molecule has 2 unspecified atom stereocenters. The van der Waals surface area contributed by atoms with E-state index in [4.69, 9.17) is 4.74 Å². The van der Waals surface area contributed by atoms with E-state index in [2.05, 4.69) is 31.0 Å². The topological polar surface area (TPSA) is 41.6 Å². The Morgan fingerprint density at radius 3 is 2.56 bits per heavy atom. The van der Waals surface area contributed by atoms with Crippen molar-refractivity contribution in [2.24, 2.45) is 5.92 Å². The lowest BCUT2D eigenvalue weighted by molar-refractivity contribution is -0.148. The third-order valence-electron chi connectivity index (χ3n) is 3.65. The van der Waals surface area contributed by atoms with Crippen LogP contribution in [-0.4, -0.2) is 49.2 Å². The van der Waals surface area contributed by atoms with Crippen molar-refractivity contribution in [3.63, 3.8) is 0 Å². The van der Waals surface area contributed by atoms with Crippen LogP contribution in [0.25, 0.3) is 0 Å². The molecule has 0 aliphatic carbocycles. The number of esters is 1. The lowest BCUT2D eigenvalue weighted by Gasteiger charge is -2.47. The molecule has 1 rings (SSSR count). The minimum Gasteiger partial charge on any atom is -0.469 e. The molecule has 4 heteroatoms. The van der Waals surface area contributed by atoms with E-state index in [1.54, 1.807) is 0 Å². The van der Waals surface area contributed by atoms with Gasteiger partial charge in [-0.1, -0.05) is 6.92 Å². The van der Waals surface area contributed by atoms with Gasteiger partial charge in [0.2, 0.25) is 0 Å². The summed E-state index contributed by atoms with van der Waals surface area (Å²) in [6.45, 7) is 11.4. The first-order valence-corrected chi connectivity index (χ1v) is 5.95. The largest absolute Gasteiger partial charge is 0.469 e. The number of ether oxygens (including phenoxy) is 1. The molecule has 0 aromatic heterocycles. The van der Waals surface area contributed by atoms with Gasteiger partial charge in [0.25, 0.3) is 0 Å². The molecule has 1 saturated heterocycles. The Morgan fingerprint density at radius 1 is 1.44 bits per heavy atom. The second-order valence-electron chi connectivity index (χ2n) is 5.24. The summed E-state index contributed by atoms with van der Waals surface area (Å²) in [6.07, 6.45) is 0. The highest BCUT2D eigenvalue weighted by molar-refractivity contribution is 5.72. The molecule has 0 spiro atoms. The minimum absolute atomic E-state index is 0.0811. The van der Waals surface area contributed by atoms with Gasteiger partial charge in [0, 0.05) is 31.2 Å². The second-order valence-corrected chi connectivity index (χ2v) is 5.24. The van der Waals surface area contributed by atoms with Crippen LogP contribution in [0.1, 0.15) is 27.7 Å². The summed E-state index contributed by atoms with van der Waals surface area (Å²) in [5.41, 5.74) is 0.0972. The molecular weight excluding hydrogens is 204 g/mol. The van der Waals surface area contributed by atoms with E-state index in [-0.39, 0.29) is 23.5 Å². The number of nitrogens with zero attached hydrogens (tertiary/aromatic N) is 1. The normalized spacial score (nSPS) is 24.8. The van der Waals surface area contributed by atoms with Crippen LogP contribution in [0.2, 0.25) is 0 Å². The Morgan fingerprint density at radius 2 is 2.06 bits per heavy atom. The summed E-state index contributed by atoms with van der Waals surface area (Å²) in [7, 11) is 1.45. The molecule has 0 bridgehead atoms. The SMILES string of the molecule is COC(=O)C(C)C(C)N1CCNCC1(C)C. The molecule has 16 heavy (non-hydrogen) atoms. The van der Waals surface area contributed by atoms with Gasteiger partial charge in [-0.2, -0.15) is 0 Å². The summed E-state index contributed by atoms with van der Waals surface area (Å²) in [5.74, 6) is -0.204. The van der Waals surface area contributed by atoms with Crippen LogP contribution in [0.3, 0.4) is 0 Å². The molecule has 0 radical (unpaired) electrons. The Balaban J connectivity index is 2.71. The highest BCUT2D eigenvalue weighted by Gasteiger charge is 2.36. The maximum absolute atomic E-state index is 11.5. The van der Waals surface area contributed by atoms with Crippen molar-refractivity contribution >= 4 is 5.97 Å². The number of rotatable bonds is 3. The summed E-state index contributed by atoms with van der Waals surface area (Å²) < 4.78 is 4.81. The molecule has 1 N–H and O–H groups in total. The maximum atomic E-state index is 11.5. The highest BCUT2D eigenvalue weighted by Crippen LogP contribution is 2.23. The third-order valence-corrected chi connectivity index (χ3v) is 3.65. The van der Waals surface area contributed by atoms with Crippen LogP contribution < -0.4 is 5.32 Å². The molecule has 4 nitrogen and oxygen atoms in total. The number of carbonyl (C=O) groups is 1. The van der Waals surface area contributed by atoms with E-state index in [1.807, 2.05) is 6.92 Å². The first-order chi connectivity index (χ1) is 7.40. The number of hydrogen-bond acceptors (Lipinski definition) is 4. The van der Waals surface area contributed by atoms with Crippen molar-refractivity contribution in [3.8, 4) is 0 Å². The van der Waals surface area contributed by atoms with Gasteiger partial charge in [0.05, 0.1) is 13.0 Å². The molecule has 0 amide bonds. The number of piperazine rings is 1. The zero-order valence-electron chi connectivity index (χ0n) is 11.0. The fraction of sp³-hybridized carbons (Fsp3) is 0.917. The Kier molecular flexibility index (Phi) is 4.33. The molecule has 0 saturated carbocycles. The van der Waals surface area contributed by atoms with Gasteiger partial charge in [0.15, 0.2) is 0 Å².